The molecular weight excluding hydrogens is 287 g/mol. The lowest BCUT2D eigenvalue weighted by atomic mass is 9.87. The van der Waals surface area contributed by atoms with Gasteiger partial charge in [0.15, 0.2) is 0 Å². The Morgan fingerprint density at radius 3 is 2.45 bits per heavy atom. The highest BCUT2D eigenvalue weighted by atomic mass is 32.1. The van der Waals surface area contributed by atoms with Crippen molar-refractivity contribution in [1.82, 2.24) is 4.98 Å². The molecular formula is C14H14F3NOS. The number of aromatic nitrogens is 1. The first kappa shape index (κ1) is 14.8. The molecule has 0 aliphatic carbocycles. The van der Waals surface area contributed by atoms with Crippen LogP contribution in [-0.4, -0.2) is 16.3 Å². The summed E-state index contributed by atoms with van der Waals surface area (Å²) >= 11 is 1.11. The van der Waals surface area contributed by atoms with Crippen molar-refractivity contribution in [3.05, 3.63) is 34.5 Å². The van der Waals surface area contributed by atoms with E-state index in [1.807, 2.05) is 18.2 Å². The Kier molecular flexibility index (Phi) is 3.54. The van der Waals surface area contributed by atoms with E-state index in [0.717, 1.165) is 21.6 Å². The van der Waals surface area contributed by atoms with E-state index in [1.165, 1.54) is 0 Å². The van der Waals surface area contributed by atoms with E-state index in [1.54, 1.807) is 0 Å². The molecule has 20 heavy (non-hydrogen) atoms. The van der Waals surface area contributed by atoms with Crippen molar-refractivity contribution in [2.75, 3.05) is 0 Å². The quantitative estimate of drug-likeness (QED) is 0.747. The normalized spacial score (nSPS) is 14.0. The van der Waals surface area contributed by atoms with E-state index in [0.29, 0.717) is 11.6 Å². The highest BCUT2D eigenvalue weighted by Crippen LogP contribution is 2.31. The molecule has 0 bridgehead atoms. The molecule has 2 nitrogen and oxygen atoms in total. The largest absolute Gasteiger partial charge is 0.504 e. The zero-order valence-corrected chi connectivity index (χ0v) is 12.1. The Morgan fingerprint density at radius 2 is 1.90 bits per heavy atom. The Labute approximate surface area is 118 Å². The number of alkyl halides is 3. The Morgan fingerprint density at radius 1 is 1.25 bits per heavy atom. The van der Waals surface area contributed by atoms with Crippen LogP contribution in [0.3, 0.4) is 0 Å². The van der Waals surface area contributed by atoms with Gasteiger partial charge in [-0.05, 0) is 23.1 Å². The molecule has 0 spiro atoms. The predicted molar refractivity (Wildman–Crippen MR) is 75.0 cm³/mol. The van der Waals surface area contributed by atoms with Gasteiger partial charge in [0.25, 0.3) is 0 Å². The molecule has 0 unspecified atom stereocenters. The van der Waals surface area contributed by atoms with Crippen LogP contribution in [-0.2, 0) is 5.41 Å². The van der Waals surface area contributed by atoms with E-state index in [-0.39, 0.29) is 10.4 Å². The zero-order valence-electron chi connectivity index (χ0n) is 11.2. The van der Waals surface area contributed by atoms with Crippen LogP contribution in [0.2, 0.25) is 0 Å². The fraction of sp³-hybridized carbons (Fsp3) is 0.357. The molecule has 1 N–H and O–H groups in total. The van der Waals surface area contributed by atoms with Crippen LogP contribution in [0.5, 0.6) is 0 Å². The average molecular weight is 301 g/mol. The number of rotatable bonds is 1. The third kappa shape index (κ3) is 3.12. The maximum absolute atomic E-state index is 12.3. The number of halogens is 3. The Hall–Kier alpha value is -1.56. The predicted octanol–water partition coefficient (Wildman–Crippen LogP) is 5.06. The molecule has 0 fully saturated rings. The summed E-state index contributed by atoms with van der Waals surface area (Å²) in [7, 11) is 0. The van der Waals surface area contributed by atoms with E-state index in [2.05, 4.69) is 25.8 Å². The summed E-state index contributed by atoms with van der Waals surface area (Å²) in [5.41, 5.74) is 1.65. The van der Waals surface area contributed by atoms with Gasteiger partial charge >= 0.3 is 6.18 Å². The number of thiazole rings is 1. The standard InChI is InChI=1S/C14H14F3NOS/c1-13(2,3)8-4-5-10-9(6-8)18-12(20-10)7-11(19)14(15,16)17/h4-7,19H,1-3H3/b11-7-. The van der Waals surface area contributed by atoms with E-state index in [9.17, 15) is 13.2 Å². The summed E-state index contributed by atoms with van der Waals surface area (Å²) in [5, 5.41) is 9.09. The molecule has 108 valence electrons. The fourth-order valence-corrected chi connectivity index (χ4v) is 2.56. The van der Waals surface area contributed by atoms with E-state index >= 15 is 0 Å². The smallest absolute Gasteiger partial charge is 0.448 e. The van der Waals surface area contributed by atoms with Crippen molar-refractivity contribution in [1.29, 1.82) is 0 Å². The molecule has 1 aromatic carbocycles. The molecule has 0 radical (unpaired) electrons. The van der Waals surface area contributed by atoms with Gasteiger partial charge in [-0.25, -0.2) is 4.98 Å². The molecule has 2 aromatic rings. The first-order valence-electron chi connectivity index (χ1n) is 5.96. The lowest BCUT2D eigenvalue weighted by molar-refractivity contribution is -0.119. The molecule has 2 rings (SSSR count). The van der Waals surface area contributed by atoms with Gasteiger partial charge in [-0.1, -0.05) is 26.8 Å². The number of fused-ring (bicyclic) bond motifs is 1. The van der Waals surface area contributed by atoms with E-state index in [4.69, 9.17) is 5.11 Å². The summed E-state index contributed by atoms with van der Waals surface area (Å²) < 4.78 is 37.6. The lowest BCUT2D eigenvalue weighted by Crippen LogP contribution is -2.10. The Bertz CT molecular complexity index is 665. The highest BCUT2D eigenvalue weighted by molar-refractivity contribution is 7.19. The van der Waals surface area contributed by atoms with Crippen LogP contribution in [0.4, 0.5) is 13.2 Å². The van der Waals surface area contributed by atoms with Gasteiger partial charge in [-0.15, -0.1) is 11.3 Å². The van der Waals surface area contributed by atoms with Crippen molar-refractivity contribution >= 4 is 27.6 Å². The number of aliphatic hydroxyl groups is 1. The molecule has 0 atom stereocenters. The van der Waals surface area contributed by atoms with Gasteiger partial charge in [0.2, 0.25) is 5.76 Å². The Balaban J connectivity index is 2.45. The van der Waals surface area contributed by atoms with Crippen molar-refractivity contribution in [2.24, 2.45) is 0 Å². The number of hydrogen-bond donors (Lipinski definition) is 1. The summed E-state index contributed by atoms with van der Waals surface area (Å²) in [5.74, 6) is -1.63. The van der Waals surface area contributed by atoms with Gasteiger partial charge < -0.3 is 5.11 Å². The second kappa shape index (κ2) is 4.77. The van der Waals surface area contributed by atoms with Gasteiger partial charge in [-0.3, -0.25) is 0 Å². The second-order valence-corrected chi connectivity index (χ2v) is 6.57. The molecule has 0 aliphatic heterocycles. The first-order valence-corrected chi connectivity index (χ1v) is 6.78. The number of allylic oxidation sites excluding steroid dienone is 1. The number of aliphatic hydroxyl groups excluding tert-OH is 1. The first-order chi connectivity index (χ1) is 9.07. The van der Waals surface area contributed by atoms with Crippen LogP contribution >= 0.6 is 11.3 Å². The number of benzene rings is 1. The van der Waals surface area contributed by atoms with Crippen LogP contribution < -0.4 is 0 Å². The zero-order chi connectivity index (χ0) is 15.1. The summed E-state index contributed by atoms with van der Waals surface area (Å²) in [6.07, 6.45) is -4.09. The van der Waals surface area contributed by atoms with Gasteiger partial charge in [-0.2, -0.15) is 13.2 Å². The summed E-state index contributed by atoms with van der Waals surface area (Å²) in [6.45, 7) is 6.16. The van der Waals surface area contributed by atoms with E-state index < -0.39 is 11.9 Å². The minimum atomic E-state index is -4.74. The number of nitrogens with zero attached hydrogens (tertiary/aromatic N) is 1. The van der Waals surface area contributed by atoms with Crippen molar-refractivity contribution in [2.45, 2.75) is 32.4 Å². The maximum atomic E-state index is 12.3. The van der Waals surface area contributed by atoms with Gasteiger partial charge in [0.1, 0.15) is 5.01 Å². The summed E-state index contributed by atoms with van der Waals surface area (Å²) in [4.78, 5) is 4.12. The molecule has 1 aromatic heterocycles. The van der Waals surface area contributed by atoms with Crippen molar-refractivity contribution < 1.29 is 18.3 Å². The second-order valence-electron chi connectivity index (χ2n) is 5.51. The molecule has 6 heteroatoms. The average Bonchev–Trinajstić information content (AvgIpc) is 2.67. The maximum Gasteiger partial charge on any atom is 0.448 e. The molecule has 1 heterocycles. The lowest BCUT2D eigenvalue weighted by Gasteiger charge is -2.18. The van der Waals surface area contributed by atoms with Crippen molar-refractivity contribution in [3.8, 4) is 0 Å². The molecule has 0 saturated heterocycles. The molecule has 0 aliphatic rings. The highest BCUT2D eigenvalue weighted by Gasteiger charge is 2.34. The SMILES string of the molecule is CC(C)(C)c1ccc2sc(/C=C(\O)C(F)(F)F)nc2c1. The van der Waals surface area contributed by atoms with Gasteiger partial charge in [0.05, 0.1) is 10.2 Å². The van der Waals surface area contributed by atoms with Crippen LogP contribution in [0.25, 0.3) is 16.3 Å². The third-order valence-electron chi connectivity index (χ3n) is 2.82. The van der Waals surface area contributed by atoms with Crippen molar-refractivity contribution in [3.63, 3.8) is 0 Å². The molecule has 0 amide bonds. The van der Waals surface area contributed by atoms with Gasteiger partial charge in [0, 0.05) is 6.08 Å². The third-order valence-corrected chi connectivity index (χ3v) is 3.80. The van der Waals surface area contributed by atoms with Crippen LogP contribution in [0, 0.1) is 0 Å². The minimum Gasteiger partial charge on any atom is -0.504 e. The fourth-order valence-electron chi connectivity index (χ4n) is 1.67. The summed E-state index contributed by atoms with van der Waals surface area (Å²) in [6, 6.07) is 5.65. The molecule has 0 saturated carbocycles. The van der Waals surface area contributed by atoms with Crippen LogP contribution in [0.1, 0.15) is 31.3 Å². The monoisotopic (exact) mass is 301 g/mol. The number of hydrogen-bond acceptors (Lipinski definition) is 3. The van der Waals surface area contributed by atoms with Crippen LogP contribution in [0.15, 0.2) is 24.0 Å². The topological polar surface area (TPSA) is 33.1 Å². The minimum absolute atomic E-state index is 0.0537.